The maximum atomic E-state index is 11.9. The van der Waals surface area contributed by atoms with Gasteiger partial charge in [0.15, 0.2) is 0 Å². The van der Waals surface area contributed by atoms with E-state index in [1.807, 2.05) is 6.92 Å². The van der Waals surface area contributed by atoms with E-state index in [4.69, 9.17) is 9.47 Å². The monoisotopic (exact) mass is 255 g/mol. The van der Waals surface area contributed by atoms with E-state index in [1.54, 1.807) is 0 Å². The van der Waals surface area contributed by atoms with E-state index in [9.17, 15) is 4.79 Å². The number of hydrogen-bond donors (Lipinski definition) is 0. The molecule has 1 saturated carbocycles. The Morgan fingerprint density at radius 3 is 2.72 bits per heavy atom. The van der Waals surface area contributed by atoms with Gasteiger partial charge in [-0.05, 0) is 25.7 Å². The van der Waals surface area contributed by atoms with Gasteiger partial charge in [0.1, 0.15) is 0 Å². The molecule has 0 radical (unpaired) electrons. The number of carbonyl (C=O) groups is 1. The molecule has 1 heterocycles. The summed E-state index contributed by atoms with van der Waals surface area (Å²) in [4.78, 5) is 14.4. The smallest absolute Gasteiger partial charge is 0.307 e. The van der Waals surface area contributed by atoms with Crippen LogP contribution in [-0.2, 0) is 14.3 Å². The molecule has 2 atom stereocenters. The second-order valence-electron chi connectivity index (χ2n) is 5.48. The molecule has 104 valence electrons. The van der Waals surface area contributed by atoms with Gasteiger partial charge in [-0.1, -0.05) is 13.3 Å². The average Bonchev–Trinajstić information content (AvgIpc) is 2.73. The van der Waals surface area contributed by atoms with Gasteiger partial charge in [0.25, 0.3) is 0 Å². The van der Waals surface area contributed by atoms with Crippen LogP contribution in [0.5, 0.6) is 0 Å². The molecule has 2 fully saturated rings. The maximum Gasteiger partial charge on any atom is 0.307 e. The van der Waals surface area contributed by atoms with E-state index >= 15 is 0 Å². The van der Waals surface area contributed by atoms with Crippen molar-refractivity contribution in [2.45, 2.75) is 45.1 Å². The number of hydrogen-bond acceptors (Lipinski definition) is 4. The fraction of sp³-hybridized carbons (Fsp3) is 0.929. The van der Waals surface area contributed by atoms with Gasteiger partial charge in [-0.3, -0.25) is 9.69 Å². The van der Waals surface area contributed by atoms with Crippen molar-refractivity contribution < 1.29 is 14.3 Å². The van der Waals surface area contributed by atoms with Gasteiger partial charge < -0.3 is 9.47 Å². The number of esters is 1. The van der Waals surface area contributed by atoms with Crippen molar-refractivity contribution in [3.63, 3.8) is 0 Å². The van der Waals surface area contributed by atoms with Crippen LogP contribution in [0.25, 0.3) is 0 Å². The van der Waals surface area contributed by atoms with Crippen LogP contribution in [0.15, 0.2) is 0 Å². The third-order valence-electron chi connectivity index (χ3n) is 4.56. The zero-order valence-electron chi connectivity index (χ0n) is 11.6. The third kappa shape index (κ3) is 2.69. The molecule has 0 aromatic rings. The molecular weight excluding hydrogens is 230 g/mol. The largest absolute Gasteiger partial charge is 0.466 e. The molecule has 2 rings (SSSR count). The molecule has 1 saturated heterocycles. The second-order valence-corrected chi connectivity index (χ2v) is 5.48. The zero-order chi connectivity index (χ0) is 13.0. The van der Waals surface area contributed by atoms with Gasteiger partial charge in [-0.25, -0.2) is 0 Å². The zero-order valence-corrected chi connectivity index (χ0v) is 11.6. The van der Waals surface area contributed by atoms with Gasteiger partial charge in [0, 0.05) is 18.6 Å². The van der Waals surface area contributed by atoms with Crippen LogP contribution in [0.2, 0.25) is 0 Å². The van der Waals surface area contributed by atoms with Crippen molar-refractivity contribution in [2.75, 3.05) is 32.9 Å². The van der Waals surface area contributed by atoms with E-state index in [0.29, 0.717) is 18.9 Å². The molecule has 4 heteroatoms. The molecule has 0 aromatic heterocycles. The van der Waals surface area contributed by atoms with E-state index in [-0.39, 0.29) is 11.5 Å². The van der Waals surface area contributed by atoms with Crippen molar-refractivity contribution in [1.82, 2.24) is 4.90 Å². The van der Waals surface area contributed by atoms with Gasteiger partial charge in [0.2, 0.25) is 0 Å². The molecule has 1 aliphatic heterocycles. The molecule has 0 spiro atoms. The van der Waals surface area contributed by atoms with Crippen LogP contribution in [0.3, 0.4) is 0 Å². The quantitative estimate of drug-likeness (QED) is 0.718. The molecule has 2 aliphatic rings. The summed E-state index contributed by atoms with van der Waals surface area (Å²) in [7, 11) is 0. The molecule has 4 nitrogen and oxygen atoms in total. The maximum absolute atomic E-state index is 11.9. The topological polar surface area (TPSA) is 38.8 Å². The van der Waals surface area contributed by atoms with Crippen LogP contribution in [-0.4, -0.2) is 49.3 Å². The Hall–Kier alpha value is -0.610. The normalized spacial score (nSPS) is 33.6. The van der Waals surface area contributed by atoms with Gasteiger partial charge in [0.05, 0.1) is 26.2 Å². The average molecular weight is 255 g/mol. The van der Waals surface area contributed by atoms with Crippen LogP contribution in [0.4, 0.5) is 0 Å². The summed E-state index contributed by atoms with van der Waals surface area (Å²) < 4.78 is 10.6. The lowest BCUT2D eigenvalue weighted by Crippen LogP contribution is -2.56. The molecule has 0 N–H and O–H groups in total. The molecule has 0 amide bonds. The molecule has 18 heavy (non-hydrogen) atoms. The summed E-state index contributed by atoms with van der Waals surface area (Å²) in [6.07, 6.45) is 4.10. The molecule has 0 aromatic carbocycles. The van der Waals surface area contributed by atoms with Crippen molar-refractivity contribution >= 4 is 5.97 Å². The highest BCUT2D eigenvalue weighted by atomic mass is 16.5. The summed E-state index contributed by atoms with van der Waals surface area (Å²) in [5.41, 5.74) is 0.0238. The molecule has 1 aliphatic carbocycles. The second kappa shape index (κ2) is 6.02. The third-order valence-corrected chi connectivity index (χ3v) is 4.56. The van der Waals surface area contributed by atoms with Crippen molar-refractivity contribution in [1.29, 1.82) is 0 Å². The lowest BCUT2D eigenvalue weighted by Gasteiger charge is -2.45. The summed E-state index contributed by atoms with van der Waals surface area (Å²) in [5, 5.41) is 0. The SMILES string of the molecule is CCOC(=O)CC1(N2CCOCC2)CCCC1C. The first-order valence-electron chi connectivity index (χ1n) is 7.17. The summed E-state index contributed by atoms with van der Waals surface area (Å²) in [5.74, 6) is 0.526. The molecular formula is C14H25NO3. The highest BCUT2D eigenvalue weighted by Gasteiger charge is 2.46. The predicted octanol–water partition coefficient (Wildman–Crippen LogP) is 1.83. The van der Waals surface area contributed by atoms with E-state index in [0.717, 1.165) is 32.7 Å². The highest BCUT2D eigenvalue weighted by molar-refractivity contribution is 5.71. The van der Waals surface area contributed by atoms with Gasteiger partial charge in [-0.15, -0.1) is 0 Å². The van der Waals surface area contributed by atoms with Crippen LogP contribution < -0.4 is 0 Å². The summed E-state index contributed by atoms with van der Waals surface area (Å²) in [6.45, 7) is 8.10. The predicted molar refractivity (Wildman–Crippen MR) is 69.4 cm³/mol. The minimum atomic E-state index is -0.0438. The van der Waals surface area contributed by atoms with E-state index in [2.05, 4.69) is 11.8 Å². The van der Waals surface area contributed by atoms with Crippen LogP contribution in [0.1, 0.15) is 39.5 Å². The van der Waals surface area contributed by atoms with Crippen molar-refractivity contribution in [2.24, 2.45) is 5.92 Å². The minimum Gasteiger partial charge on any atom is -0.466 e. The lowest BCUT2D eigenvalue weighted by molar-refractivity contribution is -0.149. The van der Waals surface area contributed by atoms with Crippen LogP contribution >= 0.6 is 0 Å². The van der Waals surface area contributed by atoms with E-state index < -0.39 is 0 Å². The first-order chi connectivity index (χ1) is 8.69. The first-order valence-corrected chi connectivity index (χ1v) is 7.17. The number of carbonyl (C=O) groups excluding carboxylic acids is 1. The Kier molecular flexibility index (Phi) is 4.62. The Morgan fingerprint density at radius 1 is 1.44 bits per heavy atom. The molecule has 2 unspecified atom stereocenters. The standard InChI is InChI=1S/C14H25NO3/c1-3-18-13(16)11-14(6-4-5-12(14)2)15-7-9-17-10-8-15/h12H,3-11H2,1-2H3. The number of morpholine rings is 1. The highest BCUT2D eigenvalue weighted by Crippen LogP contribution is 2.43. The van der Waals surface area contributed by atoms with E-state index in [1.165, 1.54) is 12.8 Å². The summed E-state index contributed by atoms with van der Waals surface area (Å²) >= 11 is 0. The Morgan fingerprint density at radius 2 is 2.17 bits per heavy atom. The van der Waals surface area contributed by atoms with Gasteiger partial charge in [-0.2, -0.15) is 0 Å². The fourth-order valence-corrected chi connectivity index (χ4v) is 3.54. The van der Waals surface area contributed by atoms with Gasteiger partial charge >= 0.3 is 5.97 Å². The Bertz CT molecular complexity index is 289. The summed E-state index contributed by atoms with van der Waals surface area (Å²) in [6, 6.07) is 0. The fourth-order valence-electron chi connectivity index (χ4n) is 3.54. The number of rotatable bonds is 4. The Labute approximate surface area is 110 Å². The number of ether oxygens (including phenoxy) is 2. The molecule has 0 bridgehead atoms. The van der Waals surface area contributed by atoms with Crippen LogP contribution in [0, 0.1) is 5.92 Å². The number of nitrogens with zero attached hydrogens (tertiary/aromatic N) is 1. The van der Waals surface area contributed by atoms with Crippen molar-refractivity contribution in [3.8, 4) is 0 Å². The minimum absolute atomic E-state index is 0.0238. The lowest BCUT2D eigenvalue weighted by atomic mass is 9.82. The Balaban J connectivity index is 2.09. The first kappa shape index (κ1) is 13.8. The van der Waals surface area contributed by atoms with Crippen molar-refractivity contribution in [3.05, 3.63) is 0 Å².